The van der Waals surface area contributed by atoms with Crippen LogP contribution in [0.2, 0.25) is 0 Å². The van der Waals surface area contributed by atoms with Crippen LogP contribution in [0.25, 0.3) is 0 Å². The lowest BCUT2D eigenvalue weighted by molar-refractivity contribution is 0.0244. The Labute approximate surface area is 80.8 Å². The fourth-order valence-electron chi connectivity index (χ4n) is 1.64. The summed E-state index contributed by atoms with van der Waals surface area (Å²) in [6.07, 6.45) is 2.37. The van der Waals surface area contributed by atoms with Gasteiger partial charge in [0.15, 0.2) is 0 Å². The maximum absolute atomic E-state index is 5.44. The summed E-state index contributed by atoms with van der Waals surface area (Å²) in [5, 5.41) is 3.48. The van der Waals surface area contributed by atoms with Crippen molar-refractivity contribution >= 4 is 0 Å². The van der Waals surface area contributed by atoms with Gasteiger partial charge in [0.05, 0.1) is 13.2 Å². The number of nitrogens with one attached hydrogen (secondary N) is 1. The van der Waals surface area contributed by atoms with Crippen molar-refractivity contribution in [3.8, 4) is 0 Å². The third kappa shape index (κ3) is 4.07. The molecule has 3 heteroatoms. The van der Waals surface area contributed by atoms with E-state index in [0.717, 1.165) is 39.4 Å². The van der Waals surface area contributed by atoms with Gasteiger partial charge in [0.25, 0.3) is 0 Å². The summed E-state index contributed by atoms with van der Waals surface area (Å²) in [6, 6.07) is 0. The quantitative estimate of drug-likeness (QED) is 0.656. The Morgan fingerprint density at radius 1 is 1.54 bits per heavy atom. The first-order valence-corrected chi connectivity index (χ1v) is 5.17. The molecule has 3 nitrogen and oxygen atoms in total. The normalized spacial score (nSPS) is 29.1. The topological polar surface area (TPSA) is 30.5 Å². The highest BCUT2D eigenvalue weighted by Crippen LogP contribution is 2.17. The van der Waals surface area contributed by atoms with E-state index in [9.17, 15) is 0 Å². The van der Waals surface area contributed by atoms with Gasteiger partial charge in [0, 0.05) is 25.3 Å². The van der Waals surface area contributed by atoms with E-state index in [1.54, 1.807) is 0 Å². The van der Waals surface area contributed by atoms with E-state index in [0.29, 0.717) is 0 Å². The summed E-state index contributed by atoms with van der Waals surface area (Å²) in [7, 11) is 0. The Bertz CT molecular complexity index is 133. The minimum absolute atomic E-state index is 0.176. The lowest BCUT2D eigenvalue weighted by atomic mass is 9.95. The van der Waals surface area contributed by atoms with Crippen LogP contribution in [-0.4, -0.2) is 38.5 Å². The van der Waals surface area contributed by atoms with E-state index < -0.39 is 0 Å². The van der Waals surface area contributed by atoms with Crippen LogP contribution < -0.4 is 5.32 Å². The summed E-state index contributed by atoms with van der Waals surface area (Å²) in [5.74, 6) is 0. The maximum atomic E-state index is 5.44. The van der Waals surface area contributed by atoms with Gasteiger partial charge in [-0.25, -0.2) is 0 Å². The fourth-order valence-corrected chi connectivity index (χ4v) is 1.64. The molecule has 0 aromatic heterocycles. The van der Waals surface area contributed by atoms with Crippen LogP contribution in [0.15, 0.2) is 0 Å². The Hall–Kier alpha value is -0.120. The third-order valence-electron chi connectivity index (χ3n) is 2.44. The van der Waals surface area contributed by atoms with Gasteiger partial charge in [-0.2, -0.15) is 0 Å². The van der Waals surface area contributed by atoms with Gasteiger partial charge in [-0.15, -0.1) is 0 Å². The molecule has 0 aromatic rings. The van der Waals surface area contributed by atoms with Gasteiger partial charge in [0.1, 0.15) is 0 Å². The van der Waals surface area contributed by atoms with Crippen LogP contribution in [0.3, 0.4) is 0 Å². The number of hydrogen-bond acceptors (Lipinski definition) is 3. The predicted molar refractivity (Wildman–Crippen MR) is 53.0 cm³/mol. The lowest BCUT2D eigenvalue weighted by Gasteiger charge is -2.34. The highest BCUT2D eigenvalue weighted by molar-refractivity contribution is 4.84. The van der Waals surface area contributed by atoms with Gasteiger partial charge in [-0.1, -0.05) is 0 Å². The minimum Gasteiger partial charge on any atom is -0.380 e. The summed E-state index contributed by atoms with van der Waals surface area (Å²) in [4.78, 5) is 0. The van der Waals surface area contributed by atoms with Crippen molar-refractivity contribution in [2.75, 3.05) is 33.0 Å². The van der Waals surface area contributed by atoms with Crippen molar-refractivity contribution < 1.29 is 9.47 Å². The smallest absolute Gasteiger partial charge is 0.0645 e. The zero-order valence-electron chi connectivity index (χ0n) is 8.77. The molecule has 13 heavy (non-hydrogen) atoms. The Morgan fingerprint density at radius 2 is 2.38 bits per heavy atom. The van der Waals surface area contributed by atoms with Gasteiger partial charge in [0.2, 0.25) is 0 Å². The third-order valence-corrected chi connectivity index (χ3v) is 2.44. The molecule has 1 atom stereocenters. The second kappa shape index (κ2) is 5.58. The van der Waals surface area contributed by atoms with E-state index in [2.05, 4.69) is 12.2 Å². The number of hydrogen-bond donors (Lipinski definition) is 1. The second-order valence-electron chi connectivity index (χ2n) is 3.84. The second-order valence-corrected chi connectivity index (χ2v) is 3.84. The molecule has 0 saturated carbocycles. The average Bonchev–Trinajstić information content (AvgIpc) is 2.14. The SMILES string of the molecule is CCOCCNC1(C)CCCOC1. The molecular formula is C10H21NO2. The molecule has 1 aliphatic heterocycles. The highest BCUT2D eigenvalue weighted by Gasteiger charge is 2.26. The van der Waals surface area contributed by atoms with E-state index >= 15 is 0 Å². The van der Waals surface area contributed by atoms with Crippen LogP contribution in [0.5, 0.6) is 0 Å². The molecule has 0 radical (unpaired) electrons. The molecule has 0 aromatic carbocycles. The highest BCUT2D eigenvalue weighted by atomic mass is 16.5. The largest absolute Gasteiger partial charge is 0.380 e. The molecule has 1 saturated heterocycles. The monoisotopic (exact) mass is 187 g/mol. The van der Waals surface area contributed by atoms with E-state index in [1.165, 1.54) is 6.42 Å². The van der Waals surface area contributed by atoms with Crippen LogP contribution in [-0.2, 0) is 9.47 Å². The van der Waals surface area contributed by atoms with Gasteiger partial charge in [-0.05, 0) is 26.7 Å². The van der Waals surface area contributed by atoms with E-state index in [-0.39, 0.29) is 5.54 Å². The van der Waals surface area contributed by atoms with E-state index in [1.807, 2.05) is 6.92 Å². The average molecular weight is 187 g/mol. The zero-order valence-corrected chi connectivity index (χ0v) is 8.77. The lowest BCUT2D eigenvalue weighted by Crippen LogP contribution is -2.49. The first-order valence-electron chi connectivity index (χ1n) is 5.17. The summed E-state index contributed by atoms with van der Waals surface area (Å²) < 4.78 is 10.7. The van der Waals surface area contributed by atoms with Crippen molar-refractivity contribution in [2.45, 2.75) is 32.2 Å². The van der Waals surface area contributed by atoms with Crippen molar-refractivity contribution in [1.82, 2.24) is 5.32 Å². The number of rotatable bonds is 5. The molecule has 0 spiro atoms. The first kappa shape index (κ1) is 11.0. The Balaban J connectivity index is 2.10. The maximum Gasteiger partial charge on any atom is 0.0645 e. The molecule has 1 rings (SSSR count). The minimum atomic E-state index is 0.176. The van der Waals surface area contributed by atoms with Gasteiger partial charge in [-0.3, -0.25) is 0 Å². The van der Waals surface area contributed by atoms with E-state index in [4.69, 9.17) is 9.47 Å². The standard InChI is InChI=1S/C10H21NO2/c1-3-12-8-6-11-10(2)5-4-7-13-9-10/h11H,3-9H2,1-2H3. The Morgan fingerprint density at radius 3 is 3.00 bits per heavy atom. The summed E-state index contributed by atoms with van der Waals surface area (Å²) in [6.45, 7) is 8.51. The number of ether oxygens (including phenoxy) is 2. The molecule has 1 aliphatic rings. The van der Waals surface area contributed by atoms with Crippen LogP contribution in [0, 0.1) is 0 Å². The molecule has 0 amide bonds. The zero-order chi connectivity index (χ0) is 9.57. The van der Waals surface area contributed by atoms with Crippen molar-refractivity contribution in [1.29, 1.82) is 0 Å². The molecule has 0 aliphatic carbocycles. The van der Waals surface area contributed by atoms with Crippen LogP contribution in [0.1, 0.15) is 26.7 Å². The molecule has 1 unspecified atom stereocenters. The predicted octanol–water partition coefficient (Wildman–Crippen LogP) is 1.18. The molecule has 1 N–H and O–H groups in total. The van der Waals surface area contributed by atoms with Gasteiger partial charge >= 0.3 is 0 Å². The van der Waals surface area contributed by atoms with Gasteiger partial charge < -0.3 is 14.8 Å². The molecule has 78 valence electrons. The summed E-state index contributed by atoms with van der Waals surface area (Å²) >= 11 is 0. The molecule has 0 bridgehead atoms. The first-order chi connectivity index (χ1) is 6.27. The van der Waals surface area contributed by atoms with Crippen LogP contribution >= 0.6 is 0 Å². The van der Waals surface area contributed by atoms with Crippen molar-refractivity contribution in [3.63, 3.8) is 0 Å². The fraction of sp³-hybridized carbons (Fsp3) is 1.00. The van der Waals surface area contributed by atoms with Crippen molar-refractivity contribution in [3.05, 3.63) is 0 Å². The molecule has 1 heterocycles. The molecule has 1 fully saturated rings. The van der Waals surface area contributed by atoms with Crippen LogP contribution in [0.4, 0.5) is 0 Å². The Kier molecular flexibility index (Phi) is 4.70. The summed E-state index contributed by atoms with van der Waals surface area (Å²) in [5.41, 5.74) is 0.176. The molecular weight excluding hydrogens is 166 g/mol. The van der Waals surface area contributed by atoms with Crippen molar-refractivity contribution in [2.24, 2.45) is 0 Å².